The van der Waals surface area contributed by atoms with Gasteiger partial charge >= 0.3 is 5.97 Å². The summed E-state index contributed by atoms with van der Waals surface area (Å²) in [6.07, 6.45) is 0.992. The third-order valence-electron chi connectivity index (χ3n) is 3.19. The molecular formula is C18H19NO3. The zero-order chi connectivity index (χ0) is 15.8. The van der Waals surface area contributed by atoms with Crippen molar-refractivity contribution in [3.63, 3.8) is 0 Å². The van der Waals surface area contributed by atoms with Crippen LogP contribution in [-0.2, 0) is 16.1 Å². The van der Waals surface area contributed by atoms with Gasteiger partial charge in [-0.15, -0.1) is 0 Å². The fraction of sp³-hybridized carbons (Fsp3) is 0.222. The van der Waals surface area contributed by atoms with Crippen LogP contribution in [0.4, 0.5) is 0 Å². The van der Waals surface area contributed by atoms with Crippen molar-refractivity contribution in [2.75, 3.05) is 7.11 Å². The molecule has 0 aliphatic rings. The van der Waals surface area contributed by atoms with Crippen LogP contribution < -0.4 is 4.74 Å². The molecule has 2 aromatic carbocycles. The molecule has 0 heterocycles. The topological polar surface area (TPSA) is 47.9 Å². The Bertz CT molecular complexity index is 650. The summed E-state index contributed by atoms with van der Waals surface area (Å²) >= 11 is 0. The third kappa shape index (κ3) is 4.45. The molecule has 0 fully saturated rings. The van der Waals surface area contributed by atoms with Gasteiger partial charge in [-0.3, -0.25) is 4.79 Å². The van der Waals surface area contributed by atoms with E-state index in [4.69, 9.17) is 9.57 Å². The van der Waals surface area contributed by atoms with Gasteiger partial charge in [0, 0.05) is 12.0 Å². The van der Waals surface area contributed by atoms with E-state index in [0.717, 1.165) is 11.1 Å². The van der Waals surface area contributed by atoms with E-state index in [1.165, 1.54) is 7.11 Å². The first-order valence-corrected chi connectivity index (χ1v) is 7.12. The molecule has 0 amide bonds. The third-order valence-corrected chi connectivity index (χ3v) is 3.19. The predicted molar refractivity (Wildman–Crippen MR) is 86.1 cm³/mol. The highest BCUT2D eigenvalue weighted by Gasteiger charge is 2.11. The number of esters is 1. The largest absolute Gasteiger partial charge is 0.426 e. The number of benzene rings is 2. The number of hydrogen-bond acceptors (Lipinski definition) is 4. The summed E-state index contributed by atoms with van der Waals surface area (Å²) in [6.45, 7) is 1.81. The standard InChI is InChI=1S/C18H19NO3/c1-14(19-21-2)16-10-6-7-11-17(16)22-18(20)13-12-15-8-4-3-5-9-15/h3-11H,12-13H2,1-2H3/b19-14+. The van der Waals surface area contributed by atoms with Gasteiger partial charge in [-0.2, -0.15) is 0 Å². The highest BCUT2D eigenvalue weighted by Crippen LogP contribution is 2.20. The number of oxime groups is 1. The lowest BCUT2D eigenvalue weighted by atomic mass is 10.1. The van der Waals surface area contributed by atoms with E-state index in [2.05, 4.69) is 5.16 Å². The van der Waals surface area contributed by atoms with Crippen molar-refractivity contribution in [1.82, 2.24) is 0 Å². The van der Waals surface area contributed by atoms with Crippen LogP contribution in [0.15, 0.2) is 59.8 Å². The van der Waals surface area contributed by atoms with Gasteiger partial charge in [0.2, 0.25) is 0 Å². The molecule has 0 aromatic heterocycles. The molecule has 22 heavy (non-hydrogen) atoms. The van der Waals surface area contributed by atoms with Crippen LogP contribution in [0.25, 0.3) is 0 Å². The highest BCUT2D eigenvalue weighted by atomic mass is 16.6. The Morgan fingerprint density at radius 2 is 1.73 bits per heavy atom. The van der Waals surface area contributed by atoms with Crippen LogP contribution in [0, 0.1) is 0 Å². The molecule has 0 spiro atoms. The van der Waals surface area contributed by atoms with Crippen molar-refractivity contribution >= 4 is 11.7 Å². The van der Waals surface area contributed by atoms with Crippen LogP contribution in [-0.4, -0.2) is 18.8 Å². The molecule has 0 aliphatic heterocycles. The highest BCUT2D eigenvalue weighted by molar-refractivity contribution is 6.01. The van der Waals surface area contributed by atoms with Crippen LogP contribution in [0.3, 0.4) is 0 Å². The Kier molecular flexibility index (Phi) is 5.72. The number of hydrogen-bond donors (Lipinski definition) is 0. The summed E-state index contributed by atoms with van der Waals surface area (Å²) in [6, 6.07) is 17.2. The maximum Gasteiger partial charge on any atom is 0.311 e. The fourth-order valence-electron chi connectivity index (χ4n) is 2.11. The summed E-state index contributed by atoms with van der Waals surface area (Å²) in [4.78, 5) is 16.8. The zero-order valence-corrected chi connectivity index (χ0v) is 12.8. The average Bonchev–Trinajstić information content (AvgIpc) is 2.54. The molecule has 0 saturated carbocycles. The van der Waals surface area contributed by atoms with Crippen molar-refractivity contribution in [1.29, 1.82) is 0 Å². The van der Waals surface area contributed by atoms with Crippen molar-refractivity contribution in [3.05, 3.63) is 65.7 Å². The maximum absolute atomic E-state index is 12.0. The quantitative estimate of drug-likeness (QED) is 0.354. The second-order valence-corrected chi connectivity index (χ2v) is 4.82. The molecule has 0 aliphatic carbocycles. The minimum absolute atomic E-state index is 0.262. The minimum Gasteiger partial charge on any atom is -0.426 e. The number of carbonyl (C=O) groups is 1. The van der Waals surface area contributed by atoms with Gasteiger partial charge in [0.05, 0.1) is 5.71 Å². The van der Waals surface area contributed by atoms with Gasteiger partial charge in [0.15, 0.2) is 0 Å². The minimum atomic E-state index is -0.262. The number of rotatable bonds is 6. The van der Waals surface area contributed by atoms with Crippen LogP contribution >= 0.6 is 0 Å². The maximum atomic E-state index is 12.0. The second kappa shape index (κ2) is 7.98. The van der Waals surface area contributed by atoms with Gasteiger partial charge in [-0.1, -0.05) is 47.6 Å². The van der Waals surface area contributed by atoms with E-state index in [0.29, 0.717) is 24.3 Å². The summed E-state index contributed by atoms with van der Waals surface area (Å²) < 4.78 is 5.46. The molecule has 0 saturated heterocycles. The number of carbonyl (C=O) groups excluding carboxylic acids is 1. The molecule has 4 nitrogen and oxygen atoms in total. The second-order valence-electron chi connectivity index (χ2n) is 4.82. The first-order chi connectivity index (χ1) is 10.7. The van der Waals surface area contributed by atoms with Crippen molar-refractivity contribution in [2.45, 2.75) is 19.8 Å². The van der Waals surface area contributed by atoms with Gasteiger partial charge in [-0.05, 0) is 31.0 Å². The van der Waals surface area contributed by atoms with Crippen molar-refractivity contribution in [2.24, 2.45) is 5.16 Å². The van der Waals surface area contributed by atoms with Gasteiger partial charge < -0.3 is 9.57 Å². The molecule has 0 atom stereocenters. The Labute approximate surface area is 130 Å². The molecule has 0 unspecified atom stereocenters. The molecule has 0 N–H and O–H groups in total. The summed E-state index contributed by atoms with van der Waals surface area (Å²) in [5.74, 6) is 0.236. The lowest BCUT2D eigenvalue weighted by Gasteiger charge is -2.09. The van der Waals surface area contributed by atoms with Gasteiger partial charge in [0.1, 0.15) is 12.9 Å². The number of aryl methyl sites for hydroxylation is 1. The molecule has 2 aromatic rings. The summed E-state index contributed by atoms with van der Waals surface area (Å²) in [5, 5.41) is 3.88. The predicted octanol–water partition coefficient (Wildman–Crippen LogP) is 3.60. The normalized spacial score (nSPS) is 11.1. The van der Waals surface area contributed by atoms with E-state index in [-0.39, 0.29) is 5.97 Å². The van der Waals surface area contributed by atoms with E-state index < -0.39 is 0 Å². The van der Waals surface area contributed by atoms with Crippen molar-refractivity contribution in [3.8, 4) is 5.75 Å². The lowest BCUT2D eigenvalue weighted by Crippen LogP contribution is -2.11. The first-order valence-electron chi connectivity index (χ1n) is 7.12. The molecular weight excluding hydrogens is 278 g/mol. The van der Waals surface area contributed by atoms with E-state index in [1.54, 1.807) is 13.0 Å². The molecule has 4 heteroatoms. The Hall–Kier alpha value is -2.62. The number of ether oxygens (including phenoxy) is 1. The van der Waals surface area contributed by atoms with Crippen LogP contribution in [0.5, 0.6) is 5.75 Å². The number of para-hydroxylation sites is 1. The van der Waals surface area contributed by atoms with Gasteiger partial charge in [0.25, 0.3) is 0 Å². The smallest absolute Gasteiger partial charge is 0.311 e. The molecule has 0 radical (unpaired) electrons. The van der Waals surface area contributed by atoms with Crippen molar-refractivity contribution < 1.29 is 14.4 Å². The van der Waals surface area contributed by atoms with Gasteiger partial charge in [-0.25, -0.2) is 0 Å². The van der Waals surface area contributed by atoms with E-state index >= 15 is 0 Å². The summed E-state index contributed by atoms with van der Waals surface area (Å²) in [5.41, 5.74) is 2.52. The zero-order valence-electron chi connectivity index (χ0n) is 12.8. The summed E-state index contributed by atoms with van der Waals surface area (Å²) in [7, 11) is 1.48. The Balaban J connectivity index is 2.01. The van der Waals surface area contributed by atoms with E-state index in [1.807, 2.05) is 48.5 Å². The SMILES string of the molecule is CO/N=C(\C)c1ccccc1OC(=O)CCc1ccccc1. The number of nitrogens with zero attached hydrogens (tertiary/aromatic N) is 1. The molecule has 0 bridgehead atoms. The molecule has 2 rings (SSSR count). The van der Waals surface area contributed by atoms with Crippen LogP contribution in [0.1, 0.15) is 24.5 Å². The average molecular weight is 297 g/mol. The Morgan fingerprint density at radius 3 is 2.45 bits per heavy atom. The first kappa shape index (κ1) is 15.8. The molecule has 114 valence electrons. The lowest BCUT2D eigenvalue weighted by molar-refractivity contribution is -0.134. The monoisotopic (exact) mass is 297 g/mol. The Morgan fingerprint density at radius 1 is 1.05 bits per heavy atom. The van der Waals surface area contributed by atoms with Crippen LogP contribution in [0.2, 0.25) is 0 Å². The van der Waals surface area contributed by atoms with E-state index in [9.17, 15) is 4.79 Å². The fourth-order valence-corrected chi connectivity index (χ4v) is 2.11.